The molecule has 2 aliphatic rings. The number of benzene rings is 1. The summed E-state index contributed by atoms with van der Waals surface area (Å²) in [6.45, 7) is 0.816. The van der Waals surface area contributed by atoms with Crippen molar-refractivity contribution < 1.29 is 23.0 Å². The van der Waals surface area contributed by atoms with Crippen molar-refractivity contribution >= 4 is 9.84 Å². The second-order valence-electron chi connectivity index (χ2n) is 5.44. The third-order valence-electron chi connectivity index (χ3n) is 4.08. The lowest BCUT2D eigenvalue weighted by Crippen LogP contribution is -2.48. The molecule has 5 nitrogen and oxygen atoms in total. The van der Waals surface area contributed by atoms with Crippen LogP contribution in [0.3, 0.4) is 0 Å². The Kier molecular flexibility index (Phi) is 3.48. The molecule has 0 unspecified atom stereocenters. The largest absolute Gasteiger partial charge is 0.491 e. The molecule has 20 heavy (non-hydrogen) atoms. The number of aliphatic hydroxyl groups excluding tert-OH is 1. The van der Waals surface area contributed by atoms with Crippen molar-refractivity contribution in [3.05, 3.63) is 24.3 Å². The van der Waals surface area contributed by atoms with Gasteiger partial charge in [0, 0.05) is 0 Å². The van der Waals surface area contributed by atoms with Crippen LogP contribution in [0, 0.1) is 0 Å². The van der Waals surface area contributed by atoms with Crippen molar-refractivity contribution in [3.63, 3.8) is 0 Å². The average Bonchev–Trinajstić information content (AvgIpc) is 3.20. The van der Waals surface area contributed by atoms with E-state index in [0.717, 1.165) is 6.42 Å². The van der Waals surface area contributed by atoms with Crippen LogP contribution in [0.4, 0.5) is 0 Å². The minimum absolute atomic E-state index is 0.130. The van der Waals surface area contributed by atoms with E-state index in [9.17, 15) is 13.5 Å². The van der Waals surface area contributed by atoms with Crippen molar-refractivity contribution in [1.82, 2.24) is 0 Å². The Bertz CT molecular complexity index is 582. The first-order valence-electron chi connectivity index (χ1n) is 6.77. The van der Waals surface area contributed by atoms with E-state index in [1.165, 1.54) is 6.07 Å². The van der Waals surface area contributed by atoms with Gasteiger partial charge >= 0.3 is 0 Å². The van der Waals surface area contributed by atoms with E-state index < -0.39 is 14.6 Å². The molecule has 3 rings (SSSR count). The van der Waals surface area contributed by atoms with Crippen molar-refractivity contribution in [1.29, 1.82) is 0 Å². The molecule has 1 aromatic carbocycles. The maximum atomic E-state index is 12.6. The highest BCUT2D eigenvalue weighted by Crippen LogP contribution is 2.42. The van der Waals surface area contributed by atoms with E-state index in [4.69, 9.17) is 9.47 Å². The van der Waals surface area contributed by atoms with Gasteiger partial charge in [-0.3, -0.25) is 0 Å². The molecule has 1 atom stereocenters. The number of aliphatic hydroxyl groups is 1. The fourth-order valence-corrected chi connectivity index (χ4v) is 4.44. The third kappa shape index (κ3) is 2.32. The lowest BCUT2D eigenvalue weighted by atomic mass is 9.85. The monoisotopic (exact) mass is 298 g/mol. The van der Waals surface area contributed by atoms with Gasteiger partial charge in [0.05, 0.1) is 22.9 Å². The molecule has 1 saturated carbocycles. The van der Waals surface area contributed by atoms with E-state index in [1.54, 1.807) is 18.2 Å². The lowest BCUT2D eigenvalue weighted by molar-refractivity contribution is 0.181. The fourth-order valence-electron chi connectivity index (χ4n) is 2.42. The zero-order valence-corrected chi connectivity index (χ0v) is 11.9. The summed E-state index contributed by atoms with van der Waals surface area (Å²) in [5, 5.41) is 9.46. The van der Waals surface area contributed by atoms with Crippen LogP contribution in [0.1, 0.15) is 19.3 Å². The fraction of sp³-hybridized carbons (Fsp3) is 0.571. The molecule has 2 fully saturated rings. The zero-order chi connectivity index (χ0) is 14.2. The van der Waals surface area contributed by atoms with Gasteiger partial charge in [-0.05, 0) is 31.0 Å². The van der Waals surface area contributed by atoms with Crippen molar-refractivity contribution in [3.8, 4) is 5.75 Å². The van der Waals surface area contributed by atoms with E-state index in [0.29, 0.717) is 31.8 Å². The summed E-state index contributed by atoms with van der Waals surface area (Å²) in [6, 6.07) is 6.49. The lowest BCUT2D eigenvalue weighted by Gasteiger charge is -2.39. The standard InChI is InChI=1S/C14H18O5S/c15-10-14(5-2-6-14)20(16,17)13-4-1-3-11(7-13)18-8-12-9-19-12/h1,3-4,7,12,15H,2,5-6,8-10H2/t12-/m1/s1. The molecule has 1 saturated heterocycles. The molecule has 1 N–H and O–H groups in total. The van der Waals surface area contributed by atoms with Gasteiger partial charge < -0.3 is 14.6 Å². The number of sulfone groups is 1. The summed E-state index contributed by atoms with van der Waals surface area (Å²) in [5.41, 5.74) is 0. The molecule has 0 bridgehead atoms. The van der Waals surface area contributed by atoms with Gasteiger partial charge in [0.2, 0.25) is 0 Å². The molecular weight excluding hydrogens is 280 g/mol. The Morgan fingerprint density at radius 1 is 1.40 bits per heavy atom. The van der Waals surface area contributed by atoms with Gasteiger partial charge in [0.1, 0.15) is 18.5 Å². The first-order valence-corrected chi connectivity index (χ1v) is 8.26. The molecule has 1 aliphatic carbocycles. The van der Waals surface area contributed by atoms with Crippen LogP contribution in [0.5, 0.6) is 5.75 Å². The van der Waals surface area contributed by atoms with E-state index >= 15 is 0 Å². The van der Waals surface area contributed by atoms with Crippen LogP contribution in [-0.2, 0) is 14.6 Å². The Balaban J connectivity index is 1.83. The average molecular weight is 298 g/mol. The first-order chi connectivity index (χ1) is 9.57. The SMILES string of the molecule is O=S(=O)(c1cccc(OC[C@@H]2CO2)c1)C1(CO)CCC1. The molecule has 0 spiro atoms. The molecule has 0 aromatic heterocycles. The van der Waals surface area contributed by atoms with Crippen LogP contribution in [0.2, 0.25) is 0 Å². The molecule has 1 aliphatic heterocycles. The van der Waals surface area contributed by atoms with Gasteiger partial charge in [-0.25, -0.2) is 8.42 Å². The van der Waals surface area contributed by atoms with Crippen molar-refractivity contribution in [2.45, 2.75) is 35.0 Å². The number of rotatable bonds is 6. The van der Waals surface area contributed by atoms with Gasteiger partial charge in [-0.2, -0.15) is 0 Å². The zero-order valence-electron chi connectivity index (χ0n) is 11.1. The van der Waals surface area contributed by atoms with Gasteiger partial charge in [-0.15, -0.1) is 0 Å². The first kappa shape index (κ1) is 13.9. The highest BCUT2D eigenvalue weighted by atomic mass is 32.2. The molecule has 1 heterocycles. The van der Waals surface area contributed by atoms with Gasteiger partial charge in [0.15, 0.2) is 9.84 Å². The predicted octanol–water partition coefficient (Wildman–Crippen LogP) is 1.15. The molecule has 0 radical (unpaired) electrons. The summed E-state index contributed by atoms with van der Waals surface area (Å²) >= 11 is 0. The third-order valence-corrected chi connectivity index (χ3v) is 6.63. The second kappa shape index (κ2) is 5.02. The molecule has 1 aromatic rings. The molecule has 110 valence electrons. The topological polar surface area (TPSA) is 76.1 Å². The Hall–Kier alpha value is -1.11. The normalized spacial score (nSPS) is 23.9. The van der Waals surface area contributed by atoms with Crippen LogP contribution in [0.15, 0.2) is 29.2 Å². The smallest absolute Gasteiger partial charge is 0.186 e. The van der Waals surface area contributed by atoms with Gasteiger partial charge in [-0.1, -0.05) is 12.5 Å². The van der Waals surface area contributed by atoms with E-state index in [-0.39, 0.29) is 17.6 Å². The Labute approximate surface area is 118 Å². The number of epoxide rings is 1. The summed E-state index contributed by atoms with van der Waals surface area (Å²) in [7, 11) is -3.52. The Morgan fingerprint density at radius 2 is 2.15 bits per heavy atom. The summed E-state index contributed by atoms with van der Waals surface area (Å²) in [4.78, 5) is 0.223. The van der Waals surface area contributed by atoms with Crippen LogP contribution in [-0.4, -0.2) is 44.2 Å². The highest BCUT2D eigenvalue weighted by Gasteiger charge is 2.49. The van der Waals surface area contributed by atoms with E-state index in [1.807, 2.05) is 0 Å². The summed E-state index contributed by atoms with van der Waals surface area (Å²) in [5.74, 6) is 0.522. The molecule has 6 heteroatoms. The maximum Gasteiger partial charge on any atom is 0.186 e. The summed E-state index contributed by atoms with van der Waals surface area (Å²) < 4.78 is 34.8. The Morgan fingerprint density at radius 3 is 2.70 bits per heavy atom. The molecule has 0 amide bonds. The van der Waals surface area contributed by atoms with Crippen molar-refractivity contribution in [2.75, 3.05) is 19.8 Å². The number of hydrogen-bond donors (Lipinski definition) is 1. The van der Waals surface area contributed by atoms with Crippen LogP contribution < -0.4 is 4.74 Å². The highest BCUT2D eigenvalue weighted by molar-refractivity contribution is 7.93. The quantitative estimate of drug-likeness (QED) is 0.797. The van der Waals surface area contributed by atoms with Crippen molar-refractivity contribution in [2.24, 2.45) is 0 Å². The molecular formula is C14H18O5S. The maximum absolute atomic E-state index is 12.6. The van der Waals surface area contributed by atoms with Gasteiger partial charge in [0.25, 0.3) is 0 Å². The van der Waals surface area contributed by atoms with E-state index in [2.05, 4.69) is 0 Å². The van der Waals surface area contributed by atoms with Crippen LogP contribution in [0.25, 0.3) is 0 Å². The predicted molar refractivity (Wildman–Crippen MR) is 72.5 cm³/mol. The van der Waals surface area contributed by atoms with Crippen LogP contribution >= 0.6 is 0 Å². The number of ether oxygens (including phenoxy) is 2. The minimum Gasteiger partial charge on any atom is -0.491 e. The summed E-state index contributed by atoms with van der Waals surface area (Å²) in [6.07, 6.45) is 2.01. The number of hydrogen-bond acceptors (Lipinski definition) is 5. The second-order valence-corrected chi connectivity index (χ2v) is 7.78. The minimum atomic E-state index is -3.52.